The van der Waals surface area contributed by atoms with Crippen LogP contribution < -0.4 is 0 Å². The summed E-state index contributed by atoms with van der Waals surface area (Å²) in [6, 6.07) is 0. The molecule has 1 rings (SSSR count). The predicted molar refractivity (Wildman–Crippen MR) is 256 cm³/mol. The third-order valence-electron chi connectivity index (χ3n) is 11.7. The van der Waals surface area contributed by atoms with Gasteiger partial charge in [0.1, 0.15) is 30.5 Å². The molecule has 1 aliphatic heterocycles. The van der Waals surface area contributed by atoms with Gasteiger partial charge in [-0.25, -0.2) is 0 Å². The van der Waals surface area contributed by atoms with Crippen molar-refractivity contribution in [1.82, 2.24) is 0 Å². The summed E-state index contributed by atoms with van der Waals surface area (Å²) in [5, 5.41) is 40.2. The van der Waals surface area contributed by atoms with Crippen molar-refractivity contribution >= 4 is 5.97 Å². The monoisotopic (exact) mass is 877 g/mol. The number of allylic oxidation sites excluding steroid dienone is 8. The first-order valence-corrected chi connectivity index (χ1v) is 25.7. The first-order chi connectivity index (χ1) is 30.4. The largest absolute Gasteiger partial charge is 0.457 e. The molecule has 9 heteroatoms. The fourth-order valence-corrected chi connectivity index (χ4v) is 7.68. The maximum absolute atomic E-state index is 12.8. The Morgan fingerprint density at radius 2 is 0.968 bits per heavy atom. The maximum Gasteiger partial charge on any atom is 0.306 e. The van der Waals surface area contributed by atoms with Crippen LogP contribution in [0, 0.1) is 0 Å². The van der Waals surface area contributed by atoms with E-state index < -0.39 is 43.4 Å². The quantitative estimate of drug-likeness (QED) is 0.0268. The van der Waals surface area contributed by atoms with Crippen LogP contribution in [0.2, 0.25) is 0 Å². The Labute approximate surface area is 380 Å². The molecule has 0 aliphatic carbocycles. The van der Waals surface area contributed by atoms with E-state index in [4.69, 9.17) is 18.9 Å². The van der Waals surface area contributed by atoms with Gasteiger partial charge < -0.3 is 39.4 Å². The van der Waals surface area contributed by atoms with Crippen LogP contribution in [0.1, 0.15) is 219 Å². The van der Waals surface area contributed by atoms with Crippen molar-refractivity contribution in [2.24, 2.45) is 0 Å². The zero-order chi connectivity index (χ0) is 45.0. The van der Waals surface area contributed by atoms with E-state index in [1.165, 1.54) is 135 Å². The smallest absolute Gasteiger partial charge is 0.306 e. The minimum absolute atomic E-state index is 0.118. The molecule has 1 aliphatic rings. The van der Waals surface area contributed by atoms with E-state index in [0.717, 1.165) is 64.2 Å². The Hall–Kier alpha value is -1.85. The summed E-state index contributed by atoms with van der Waals surface area (Å²) in [7, 11) is 0. The molecule has 362 valence electrons. The fraction of sp³-hybridized carbons (Fsp3) is 0.830. The van der Waals surface area contributed by atoms with Gasteiger partial charge in [-0.3, -0.25) is 4.79 Å². The average Bonchev–Trinajstić information content (AvgIpc) is 3.27. The molecule has 0 aromatic carbocycles. The lowest BCUT2D eigenvalue weighted by Gasteiger charge is -2.39. The first kappa shape index (κ1) is 58.2. The van der Waals surface area contributed by atoms with Crippen molar-refractivity contribution in [2.75, 3.05) is 26.4 Å². The van der Waals surface area contributed by atoms with Crippen LogP contribution in [0.15, 0.2) is 48.6 Å². The highest BCUT2D eigenvalue weighted by Crippen LogP contribution is 2.23. The first-order valence-electron chi connectivity index (χ1n) is 25.7. The van der Waals surface area contributed by atoms with Gasteiger partial charge in [-0.2, -0.15) is 0 Å². The number of aliphatic hydroxyl groups excluding tert-OH is 4. The number of rotatable bonds is 44. The van der Waals surface area contributed by atoms with Gasteiger partial charge in [-0.15, -0.1) is 0 Å². The summed E-state index contributed by atoms with van der Waals surface area (Å²) in [4.78, 5) is 12.8. The number of carbonyl (C=O) groups is 1. The zero-order valence-corrected chi connectivity index (χ0v) is 39.9. The van der Waals surface area contributed by atoms with Gasteiger partial charge in [0.05, 0.1) is 19.8 Å². The van der Waals surface area contributed by atoms with E-state index in [2.05, 4.69) is 62.5 Å². The number of aliphatic hydroxyl groups is 4. The summed E-state index contributed by atoms with van der Waals surface area (Å²) < 4.78 is 22.9. The average molecular weight is 877 g/mol. The number of hydrogen-bond donors (Lipinski definition) is 4. The van der Waals surface area contributed by atoms with Gasteiger partial charge >= 0.3 is 5.97 Å². The maximum atomic E-state index is 12.8. The lowest BCUT2D eigenvalue weighted by atomic mass is 9.99. The molecule has 0 saturated carbocycles. The molecule has 0 amide bonds. The van der Waals surface area contributed by atoms with Crippen LogP contribution in [0.25, 0.3) is 0 Å². The minimum Gasteiger partial charge on any atom is -0.457 e. The topological polar surface area (TPSA) is 135 Å². The highest BCUT2D eigenvalue weighted by molar-refractivity contribution is 5.69. The summed E-state index contributed by atoms with van der Waals surface area (Å²) >= 11 is 0. The second kappa shape index (κ2) is 44.4. The van der Waals surface area contributed by atoms with Crippen LogP contribution >= 0.6 is 0 Å². The SMILES string of the molecule is CCC/C=C\C/C=C\CCCCCCCCOCC(COC1OC(CO)C(O)C(O)C1O)OC(=O)CCCCCCCCCCCCCCC/C=C\C/C=C\CCCCCCC. The lowest BCUT2D eigenvalue weighted by molar-refractivity contribution is -0.305. The van der Waals surface area contributed by atoms with E-state index in [-0.39, 0.29) is 19.2 Å². The highest BCUT2D eigenvalue weighted by atomic mass is 16.7. The molecule has 62 heavy (non-hydrogen) atoms. The van der Waals surface area contributed by atoms with Crippen molar-refractivity contribution in [1.29, 1.82) is 0 Å². The van der Waals surface area contributed by atoms with Crippen LogP contribution in [-0.2, 0) is 23.7 Å². The van der Waals surface area contributed by atoms with Crippen molar-refractivity contribution in [3.8, 4) is 0 Å². The summed E-state index contributed by atoms with van der Waals surface area (Å²) in [6.07, 6.45) is 48.6. The second-order valence-electron chi connectivity index (χ2n) is 17.6. The van der Waals surface area contributed by atoms with Crippen molar-refractivity contribution in [3.05, 3.63) is 48.6 Å². The Bertz CT molecular complexity index is 1090. The van der Waals surface area contributed by atoms with Crippen molar-refractivity contribution < 1.29 is 44.2 Å². The van der Waals surface area contributed by atoms with Gasteiger partial charge in [0.25, 0.3) is 0 Å². The van der Waals surface area contributed by atoms with Crippen LogP contribution in [0.4, 0.5) is 0 Å². The normalized spacial score (nSPS) is 20.1. The number of carbonyl (C=O) groups excluding carboxylic acids is 1. The molecule has 6 atom stereocenters. The van der Waals surface area contributed by atoms with E-state index in [0.29, 0.717) is 13.0 Å². The molecule has 6 unspecified atom stereocenters. The summed E-state index contributed by atoms with van der Waals surface area (Å²) in [5.41, 5.74) is 0. The van der Waals surface area contributed by atoms with Crippen LogP contribution in [0.5, 0.6) is 0 Å². The number of esters is 1. The molecular formula is C53H96O9. The third kappa shape index (κ3) is 34.5. The number of unbranched alkanes of at least 4 members (excludes halogenated alkanes) is 25. The third-order valence-corrected chi connectivity index (χ3v) is 11.7. The molecule has 0 bridgehead atoms. The predicted octanol–water partition coefficient (Wildman–Crippen LogP) is 12.5. The van der Waals surface area contributed by atoms with E-state index in [1.54, 1.807) is 0 Å². The molecule has 1 fully saturated rings. The van der Waals surface area contributed by atoms with Gasteiger partial charge in [-0.1, -0.05) is 191 Å². The number of ether oxygens (including phenoxy) is 4. The van der Waals surface area contributed by atoms with Crippen LogP contribution in [0.3, 0.4) is 0 Å². The fourth-order valence-electron chi connectivity index (χ4n) is 7.68. The zero-order valence-electron chi connectivity index (χ0n) is 39.9. The standard InChI is InChI=1S/C53H96O9/c1-3-5-7-9-11-13-15-17-19-20-21-22-23-24-25-26-27-28-29-30-32-34-36-38-40-42-49(55)61-47(46-60-53-52(58)51(57)50(56)48(44-54)62-53)45-59-43-41-39-37-35-33-31-18-16-14-12-10-8-6-4-2/h8,10,14-17,20-21,47-48,50-54,56-58H,3-7,9,11-13,18-19,22-46H2,1-2H3/b10-8-,16-14-,17-15-,21-20-. The molecule has 1 saturated heterocycles. The molecule has 9 nitrogen and oxygen atoms in total. The second-order valence-corrected chi connectivity index (χ2v) is 17.6. The van der Waals surface area contributed by atoms with Gasteiger partial charge in [0, 0.05) is 13.0 Å². The Morgan fingerprint density at radius 3 is 1.45 bits per heavy atom. The highest BCUT2D eigenvalue weighted by Gasteiger charge is 2.44. The Kier molecular flexibility index (Phi) is 41.6. The lowest BCUT2D eigenvalue weighted by Crippen LogP contribution is -2.59. The number of hydrogen-bond acceptors (Lipinski definition) is 9. The molecule has 0 spiro atoms. The molecular weight excluding hydrogens is 781 g/mol. The van der Waals surface area contributed by atoms with Crippen LogP contribution in [-0.4, -0.2) is 89.6 Å². The molecule has 0 aromatic rings. The van der Waals surface area contributed by atoms with Gasteiger partial charge in [-0.05, 0) is 70.6 Å². The Morgan fingerprint density at radius 1 is 0.516 bits per heavy atom. The van der Waals surface area contributed by atoms with E-state index in [1.807, 2.05) is 0 Å². The molecule has 1 heterocycles. The summed E-state index contributed by atoms with van der Waals surface area (Å²) in [6.45, 7) is 4.48. The molecule has 0 radical (unpaired) electrons. The minimum atomic E-state index is -1.54. The molecule has 0 aromatic heterocycles. The molecule has 4 N–H and O–H groups in total. The van der Waals surface area contributed by atoms with Crippen molar-refractivity contribution in [3.63, 3.8) is 0 Å². The Balaban J connectivity index is 2.17. The van der Waals surface area contributed by atoms with Gasteiger partial charge in [0.15, 0.2) is 6.29 Å². The van der Waals surface area contributed by atoms with E-state index in [9.17, 15) is 25.2 Å². The van der Waals surface area contributed by atoms with Gasteiger partial charge in [0.2, 0.25) is 0 Å². The summed E-state index contributed by atoms with van der Waals surface area (Å²) in [5.74, 6) is -0.318. The van der Waals surface area contributed by atoms with E-state index >= 15 is 0 Å². The van der Waals surface area contributed by atoms with Crippen molar-refractivity contribution in [2.45, 2.75) is 256 Å².